The lowest BCUT2D eigenvalue weighted by molar-refractivity contribution is -0.129. The molecule has 1 aromatic carbocycles. The molecule has 5 nitrogen and oxygen atoms in total. The van der Waals surface area contributed by atoms with Crippen LogP contribution < -0.4 is 5.32 Å². The third kappa shape index (κ3) is 3.54. The van der Waals surface area contributed by atoms with Gasteiger partial charge in [0.05, 0.1) is 11.5 Å². The van der Waals surface area contributed by atoms with Crippen molar-refractivity contribution in [1.29, 1.82) is 0 Å². The van der Waals surface area contributed by atoms with Crippen molar-refractivity contribution in [2.24, 2.45) is 13.0 Å². The number of carbonyl (C=O) groups excluding carboxylic acids is 1. The van der Waals surface area contributed by atoms with E-state index in [1.54, 1.807) is 6.20 Å². The van der Waals surface area contributed by atoms with E-state index < -0.39 is 5.41 Å². The maximum Gasteiger partial charge on any atom is 0.231 e. The first-order chi connectivity index (χ1) is 12.4. The van der Waals surface area contributed by atoms with Gasteiger partial charge in [0.15, 0.2) is 0 Å². The van der Waals surface area contributed by atoms with Gasteiger partial charge in [-0.25, -0.2) is 4.98 Å². The molecular weight excluding hydrogens is 324 g/mol. The van der Waals surface area contributed by atoms with Crippen LogP contribution in [0.4, 0.5) is 0 Å². The van der Waals surface area contributed by atoms with E-state index in [1.807, 2.05) is 36.0 Å². The highest BCUT2D eigenvalue weighted by atomic mass is 16.2. The van der Waals surface area contributed by atoms with E-state index in [2.05, 4.69) is 48.2 Å². The minimum Gasteiger partial charge on any atom is -0.345 e. The smallest absolute Gasteiger partial charge is 0.231 e. The Bertz CT molecular complexity index is 729. The van der Waals surface area contributed by atoms with E-state index in [9.17, 15) is 4.79 Å². The molecule has 1 aromatic heterocycles. The monoisotopic (exact) mass is 354 g/mol. The third-order valence-corrected chi connectivity index (χ3v) is 5.69. The van der Waals surface area contributed by atoms with Gasteiger partial charge in [-0.05, 0) is 44.5 Å². The molecule has 1 fully saturated rings. The van der Waals surface area contributed by atoms with Crippen LogP contribution in [0.3, 0.4) is 0 Å². The summed E-state index contributed by atoms with van der Waals surface area (Å²) in [6, 6.07) is 10.2. The number of nitrogens with zero attached hydrogens (tertiary/aromatic N) is 3. The van der Waals surface area contributed by atoms with Gasteiger partial charge in [0, 0.05) is 19.4 Å². The molecule has 5 heteroatoms. The zero-order valence-corrected chi connectivity index (χ0v) is 16.3. The van der Waals surface area contributed by atoms with Crippen LogP contribution in [0.1, 0.15) is 44.1 Å². The average Bonchev–Trinajstić information content (AvgIpc) is 3.06. The fourth-order valence-electron chi connectivity index (χ4n) is 3.89. The van der Waals surface area contributed by atoms with Crippen molar-refractivity contribution >= 4 is 5.91 Å². The Morgan fingerprint density at radius 2 is 1.81 bits per heavy atom. The number of benzene rings is 1. The van der Waals surface area contributed by atoms with Crippen LogP contribution in [0.5, 0.6) is 0 Å². The molecule has 2 heterocycles. The van der Waals surface area contributed by atoms with Gasteiger partial charge < -0.3 is 14.8 Å². The summed E-state index contributed by atoms with van der Waals surface area (Å²) in [5.74, 6) is 1.29. The SMILES string of the molecule is CC(C)[C@@H](NC(=O)C1(c2ccccc2)CCN(C)CC1)c1nccn1C. The number of imidazole rings is 1. The van der Waals surface area contributed by atoms with Gasteiger partial charge in [-0.15, -0.1) is 0 Å². The van der Waals surface area contributed by atoms with Gasteiger partial charge in [0.1, 0.15) is 5.82 Å². The molecule has 0 saturated carbocycles. The summed E-state index contributed by atoms with van der Waals surface area (Å²) in [5.41, 5.74) is 0.652. The molecule has 1 aliphatic rings. The molecule has 1 atom stereocenters. The first kappa shape index (κ1) is 18.6. The van der Waals surface area contributed by atoms with Crippen molar-refractivity contribution in [3.8, 4) is 0 Å². The van der Waals surface area contributed by atoms with E-state index >= 15 is 0 Å². The first-order valence-corrected chi connectivity index (χ1v) is 9.46. The predicted molar refractivity (Wildman–Crippen MR) is 104 cm³/mol. The summed E-state index contributed by atoms with van der Waals surface area (Å²) < 4.78 is 1.99. The second-order valence-corrected chi connectivity index (χ2v) is 7.84. The molecule has 0 aliphatic carbocycles. The lowest BCUT2D eigenvalue weighted by atomic mass is 9.71. The summed E-state index contributed by atoms with van der Waals surface area (Å²) in [7, 11) is 4.10. The second-order valence-electron chi connectivity index (χ2n) is 7.84. The van der Waals surface area contributed by atoms with Gasteiger partial charge in [-0.2, -0.15) is 0 Å². The fraction of sp³-hybridized carbons (Fsp3) is 0.524. The molecule has 1 aliphatic heterocycles. The molecule has 0 spiro atoms. The molecule has 1 N–H and O–H groups in total. The fourth-order valence-corrected chi connectivity index (χ4v) is 3.89. The van der Waals surface area contributed by atoms with Gasteiger partial charge >= 0.3 is 0 Å². The molecule has 0 unspecified atom stereocenters. The highest BCUT2D eigenvalue weighted by molar-refractivity contribution is 5.88. The maximum absolute atomic E-state index is 13.6. The van der Waals surface area contributed by atoms with Gasteiger partial charge in [0.25, 0.3) is 0 Å². The topological polar surface area (TPSA) is 50.2 Å². The molecule has 2 aromatic rings. The zero-order chi connectivity index (χ0) is 18.7. The second kappa shape index (κ2) is 7.62. The largest absolute Gasteiger partial charge is 0.345 e. The summed E-state index contributed by atoms with van der Waals surface area (Å²) in [6.45, 7) is 6.11. The minimum absolute atomic E-state index is 0.0947. The average molecular weight is 354 g/mol. The molecule has 0 radical (unpaired) electrons. The standard InChI is InChI=1S/C21H30N4O/c1-16(2)18(19-22-12-15-25(19)4)23-20(26)21(10-13-24(3)14-11-21)17-8-6-5-7-9-17/h5-9,12,15-16,18H,10-11,13-14H2,1-4H3,(H,23,26)/t18-/m1/s1. The number of aromatic nitrogens is 2. The van der Waals surface area contributed by atoms with E-state index in [0.717, 1.165) is 37.3 Å². The normalized spacial score (nSPS) is 18.7. The number of likely N-dealkylation sites (tertiary alicyclic amines) is 1. The number of rotatable bonds is 5. The quantitative estimate of drug-likeness (QED) is 0.898. The van der Waals surface area contributed by atoms with Crippen molar-refractivity contribution in [3.05, 3.63) is 54.1 Å². The van der Waals surface area contributed by atoms with Crippen molar-refractivity contribution in [2.45, 2.75) is 38.1 Å². The van der Waals surface area contributed by atoms with Crippen LogP contribution in [0.15, 0.2) is 42.7 Å². The Kier molecular flexibility index (Phi) is 5.47. The van der Waals surface area contributed by atoms with Crippen molar-refractivity contribution in [3.63, 3.8) is 0 Å². The van der Waals surface area contributed by atoms with E-state index in [1.165, 1.54) is 0 Å². The summed E-state index contributed by atoms with van der Waals surface area (Å²) in [5, 5.41) is 3.34. The Hall–Kier alpha value is -2.14. The summed E-state index contributed by atoms with van der Waals surface area (Å²) in [4.78, 5) is 20.4. The van der Waals surface area contributed by atoms with Crippen molar-refractivity contribution in [1.82, 2.24) is 19.8 Å². The van der Waals surface area contributed by atoms with Crippen LogP contribution in [0.2, 0.25) is 0 Å². The molecular formula is C21H30N4O. The molecule has 0 bridgehead atoms. The summed E-state index contributed by atoms with van der Waals surface area (Å²) in [6.07, 6.45) is 5.40. The highest BCUT2D eigenvalue weighted by Gasteiger charge is 2.43. The summed E-state index contributed by atoms with van der Waals surface area (Å²) >= 11 is 0. The maximum atomic E-state index is 13.6. The number of aryl methyl sites for hydroxylation is 1. The van der Waals surface area contributed by atoms with Gasteiger partial charge in [-0.3, -0.25) is 4.79 Å². The minimum atomic E-state index is -0.466. The molecule has 1 amide bonds. The van der Waals surface area contributed by atoms with Crippen LogP contribution in [-0.4, -0.2) is 40.5 Å². The number of amides is 1. The van der Waals surface area contributed by atoms with E-state index in [4.69, 9.17) is 0 Å². The van der Waals surface area contributed by atoms with Crippen LogP contribution >= 0.6 is 0 Å². The zero-order valence-electron chi connectivity index (χ0n) is 16.3. The lowest BCUT2D eigenvalue weighted by Gasteiger charge is -2.41. The first-order valence-electron chi connectivity index (χ1n) is 9.46. The van der Waals surface area contributed by atoms with E-state index in [-0.39, 0.29) is 17.9 Å². The molecule has 1 saturated heterocycles. The van der Waals surface area contributed by atoms with Crippen LogP contribution in [0.25, 0.3) is 0 Å². The number of nitrogens with one attached hydrogen (secondary N) is 1. The molecule has 140 valence electrons. The van der Waals surface area contributed by atoms with Crippen LogP contribution in [-0.2, 0) is 17.3 Å². The van der Waals surface area contributed by atoms with Gasteiger partial charge in [0.2, 0.25) is 5.91 Å². The Labute approximate surface area is 156 Å². The Morgan fingerprint density at radius 1 is 1.15 bits per heavy atom. The van der Waals surface area contributed by atoms with Crippen LogP contribution in [0, 0.1) is 5.92 Å². The number of piperidine rings is 1. The van der Waals surface area contributed by atoms with Crippen molar-refractivity contribution in [2.75, 3.05) is 20.1 Å². The molecule has 3 rings (SSSR count). The Balaban J connectivity index is 1.92. The number of carbonyl (C=O) groups is 1. The predicted octanol–water partition coefficient (Wildman–Crippen LogP) is 2.90. The Morgan fingerprint density at radius 3 is 2.35 bits per heavy atom. The third-order valence-electron chi connectivity index (χ3n) is 5.69. The van der Waals surface area contributed by atoms with Gasteiger partial charge in [-0.1, -0.05) is 44.2 Å². The van der Waals surface area contributed by atoms with Crippen molar-refractivity contribution < 1.29 is 4.79 Å². The number of hydrogen-bond donors (Lipinski definition) is 1. The lowest BCUT2D eigenvalue weighted by Crippen LogP contribution is -2.52. The molecule has 26 heavy (non-hydrogen) atoms. The highest BCUT2D eigenvalue weighted by Crippen LogP contribution is 2.36. The van der Waals surface area contributed by atoms with E-state index in [0.29, 0.717) is 0 Å². The number of hydrogen-bond acceptors (Lipinski definition) is 3.